The lowest BCUT2D eigenvalue weighted by atomic mass is 10.2. The fourth-order valence-electron chi connectivity index (χ4n) is 2.28. The number of nitrogens with one attached hydrogen (secondary N) is 2. The van der Waals surface area contributed by atoms with Crippen LogP contribution in [0.25, 0.3) is 0 Å². The molecule has 0 bridgehead atoms. The van der Waals surface area contributed by atoms with E-state index < -0.39 is 22.0 Å². The fourth-order valence-corrected chi connectivity index (χ4v) is 3.57. The van der Waals surface area contributed by atoms with E-state index in [1.54, 1.807) is 45.2 Å². The number of aryl methyl sites for hydroxylation is 2. The van der Waals surface area contributed by atoms with Crippen molar-refractivity contribution in [2.45, 2.75) is 31.8 Å². The monoisotopic (exact) mass is 377 g/mol. The Kier molecular flexibility index (Phi) is 5.64. The highest BCUT2D eigenvalue weighted by Gasteiger charge is 2.25. The van der Waals surface area contributed by atoms with Crippen molar-refractivity contribution in [2.75, 3.05) is 0 Å². The number of aromatic nitrogens is 2. The van der Waals surface area contributed by atoms with E-state index in [0.29, 0.717) is 22.7 Å². The summed E-state index contributed by atoms with van der Waals surface area (Å²) in [4.78, 5) is 14.2. The molecule has 0 saturated carbocycles. The molecule has 1 heterocycles. The second-order valence-corrected chi connectivity index (χ2v) is 7.23. The number of amides is 1. The predicted molar refractivity (Wildman–Crippen MR) is 92.4 cm³/mol. The second-order valence-electron chi connectivity index (χ2n) is 5.61. The number of sulfonamides is 1. The number of hydrogen-bond acceptors (Lipinski definition) is 6. The van der Waals surface area contributed by atoms with Crippen molar-refractivity contribution in [1.82, 2.24) is 20.0 Å². The maximum absolute atomic E-state index is 12.4. The van der Waals surface area contributed by atoms with Gasteiger partial charge >= 0.3 is 0 Å². The van der Waals surface area contributed by atoms with E-state index in [0.717, 1.165) is 0 Å². The number of hydrazine groups is 1. The minimum Gasteiger partial charge on any atom is -0.481 e. The average molecular weight is 377 g/mol. The van der Waals surface area contributed by atoms with Gasteiger partial charge < -0.3 is 4.74 Å². The lowest BCUT2D eigenvalue weighted by Gasteiger charge is -2.15. The number of carbonyl (C=O) groups is 1. The molecular formula is C16H19N5O4S. The first-order valence-electron chi connectivity index (χ1n) is 7.64. The predicted octanol–water partition coefficient (Wildman–Crippen LogP) is 0.686. The lowest BCUT2D eigenvalue weighted by Crippen LogP contribution is -2.47. The molecule has 0 spiro atoms. The van der Waals surface area contributed by atoms with Crippen molar-refractivity contribution in [1.29, 1.82) is 5.26 Å². The summed E-state index contributed by atoms with van der Waals surface area (Å²) in [5.41, 5.74) is 3.38. The Labute approximate surface area is 151 Å². The molecule has 1 amide bonds. The summed E-state index contributed by atoms with van der Waals surface area (Å²) in [5.74, 6) is -0.286. The van der Waals surface area contributed by atoms with Crippen molar-refractivity contribution in [3.8, 4) is 11.8 Å². The van der Waals surface area contributed by atoms with E-state index in [1.165, 1.54) is 11.6 Å². The topological polar surface area (TPSA) is 126 Å². The Balaban J connectivity index is 2.01. The molecule has 1 atom stereocenters. The van der Waals surface area contributed by atoms with Crippen LogP contribution in [-0.2, 0) is 21.9 Å². The van der Waals surface area contributed by atoms with Crippen molar-refractivity contribution in [3.05, 3.63) is 41.2 Å². The van der Waals surface area contributed by atoms with Gasteiger partial charge in [0.1, 0.15) is 10.6 Å². The number of nitrogens with zero attached hydrogens (tertiary/aromatic N) is 3. The van der Waals surface area contributed by atoms with Crippen LogP contribution in [0.5, 0.6) is 5.75 Å². The smallest absolute Gasteiger partial charge is 0.275 e. The maximum Gasteiger partial charge on any atom is 0.275 e. The number of rotatable bonds is 6. The molecule has 138 valence electrons. The quantitative estimate of drug-likeness (QED) is 0.713. The third kappa shape index (κ3) is 4.19. The molecule has 9 nitrogen and oxygen atoms in total. The van der Waals surface area contributed by atoms with Crippen LogP contribution in [0.2, 0.25) is 0 Å². The summed E-state index contributed by atoms with van der Waals surface area (Å²) in [7, 11) is -2.34. The summed E-state index contributed by atoms with van der Waals surface area (Å²) in [6.07, 6.45) is -0.957. The maximum atomic E-state index is 12.4. The van der Waals surface area contributed by atoms with Crippen LogP contribution in [-0.4, -0.2) is 30.2 Å². The molecule has 0 aliphatic carbocycles. The lowest BCUT2D eigenvalue weighted by molar-refractivity contribution is -0.127. The molecule has 0 aliphatic rings. The Morgan fingerprint density at radius 3 is 2.42 bits per heavy atom. The molecule has 2 rings (SSSR count). The van der Waals surface area contributed by atoms with E-state index in [-0.39, 0.29) is 4.90 Å². The van der Waals surface area contributed by atoms with Gasteiger partial charge in [0.25, 0.3) is 15.9 Å². The number of ether oxygens (including phenoxy) is 1. The van der Waals surface area contributed by atoms with Crippen molar-refractivity contribution >= 4 is 15.9 Å². The molecule has 2 aromatic rings. The van der Waals surface area contributed by atoms with Gasteiger partial charge in [0, 0.05) is 7.05 Å². The summed E-state index contributed by atoms with van der Waals surface area (Å²) in [6.45, 7) is 4.66. The zero-order chi connectivity index (χ0) is 19.5. The van der Waals surface area contributed by atoms with Crippen LogP contribution in [0.1, 0.15) is 23.9 Å². The molecule has 2 N–H and O–H groups in total. The molecule has 10 heteroatoms. The standard InChI is InChI=1S/C16H19N5O4S/c1-10-15(11(2)21(4)19-10)26(23,24)20-18-16(22)12(3)25-14-7-5-13(9-17)6-8-14/h5-8,12,20H,1-4H3,(H,18,22)/t12-/m0/s1. The fraction of sp³-hybridized carbons (Fsp3) is 0.312. The van der Waals surface area contributed by atoms with Gasteiger partial charge in [0.2, 0.25) is 0 Å². The molecule has 1 aromatic heterocycles. The number of carbonyl (C=O) groups excluding carboxylic acids is 1. The van der Waals surface area contributed by atoms with Crippen LogP contribution in [0, 0.1) is 25.2 Å². The molecule has 0 saturated heterocycles. The van der Waals surface area contributed by atoms with Gasteiger partial charge in [0.05, 0.1) is 23.0 Å². The minimum absolute atomic E-state index is 0.0148. The third-order valence-corrected chi connectivity index (χ3v) is 5.18. The van der Waals surface area contributed by atoms with Gasteiger partial charge in [-0.3, -0.25) is 14.9 Å². The highest BCUT2D eigenvalue weighted by Crippen LogP contribution is 2.18. The van der Waals surface area contributed by atoms with Gasteiger partial charge in [-0.2, -0.15) is 10.4 Å². The first-order chi connectivity index (χ1) is 12.2. The van der Waals surface area contributed by atoms with Crippen LogP contribution in [0.4, 0.5) is 0 Å². The van der Waals surface area contributed by atoms with E-state index in [1.807, 2.05) is 6.07 Å². The Bertz CT molecular complexity index is 958. The number of benzene rings is 1. The molecule has 0 radical (unpaired) electrons. The zero-order valence-corrected chi connectivity index (χ0v) is 15.6. The Morgan fingerprint density at radius 1 is 1.31 bits per heavy atom. The van der Waals surface area contributed by atoms with Gasteiger partial charge in [-0.25, -0.2) is 8.42 Å². The average Bonchev–Trinajstić information content (AvgIpc) is 2.86. The molecule has 0 aliphatic heterocycles. The SMILES string of the molecule is Cc1nn(C)c(C)c1S(=O)(=O)NNC(=O)[C@H](C)Oc1ccc(C#N)cc1. The van der Waals surface area contributed by atoms with Crippen molar-refractivity contribution < 1.29 is 17.9 Å². The largest absolute Gasteiger partial charge is 0.481 e. The third-order valence-electron chi connectivity index (χ3n) is 3.69. The Morgan fingerprint density at radius 2 is 1.92 bits per heavy atom. The van der Waals surface area contributed by atoms with Gasteiger partial charge in [-0.15, -0.1) is 4.83 Å². The highest BCUT2D eigenvalue weighted by atomic mass is 32.2. The summed E-state index contributed by atoms with van der Waals surface area (Å²) in [6, 6.07) is 8.18. The molecule has 0 unspecified atom stereocenters. The minimum atomic E-state index is -3.97. The number of nitriles is 1. The Hall–Kier alpha value is -2.90. The van der Waals surface area contributed by atoms with Gasteiger partial charge in [-0.05, 0) is 45.0 Å². The first-order valence-corrected chi connectivity index (χ1v) is 9.12. The molecule has 26 heavy (non-hydrogen) atoms. The molecule has 1 aromatic carbocycles. The van der Waals surface area contributed by atoms with Crippen LogP contribution < -0.4 is 15.0 Å². The summed E-state index contributed by atoms with van der Waals surface area (Å²) < 4.78 is 31.7. The van der Waals surface area contributed by atoms with Crippen LogP contribution in [0.3, 0.4) is 0 Å². The summed E-state index contributed by atoms with van der Waals surface area (Å²) >= 11 is 0. The molecule has 0 fully saturated rings. The normalized spacial score (nSPS) is 12.3. The summed E-state index contributed by atoms with van der Waals surface area (Å²) in [5, 5.41) is 12.8. The number of hydrogen-bond donors (Lipinski definition) is 2. The second kappa shape index (κ2) is 7.55. The van der Waals surface area contributed by atoms with Crippen molar-refractivity contribution in [2.24, 2.45) is 7.05 Å². The van der Waals surface area contributed by atoms with Gasteiger partial charge in [-0.1, -0.05) is 0 Å². The first kappa shape index (κ1) is 19.4. The van der Waals surface area contributed by atoms with Gasteiger partial charge in [0.15, 0.2) is 6.10 Å². The highest BCUT2D eigenvalue weighted by molar-refractivity contribution is 7.89. The van der Waals surface area contributed by atoms with E-state index >= 15 is 0 Å². The van der Waals surface area contributed by atoms with E-state index in [9.17, 15) is 13.2 Å². The van der Waals surface area contributed by atoms with Crippen LogP contribution >= 0.6 is 0 Å². The van der Waals surface area contributed by atoms with E-state index in [2.05, 4.69) is 15.4 Å². The van der Waals surface area contributed by atoms with Crippen LogP contribution in [0.15, 0.2) is 29.2 Å². The van der Waals surface area contributed by atoms with Crippen molar-refractivity contribution in [3.63, 3.8) is 0 Å². The van der Waals surface area contributed by atoms with E-state index in [4.69, 9.17) is 10.00 Å². The molecular weight excluding hydrogens is 358 g/mol. The zero-order valence-electron chi connectivity index (χ0n) is 14.8.